The van der Waals surface area contributed by atoms with E-state index in [1.54, 1.807) is 0 Å². The van der Waals surface area contributed by atoms with Crippen LogP contribution in [0.1, 0.15) is 5.56 Å². The van der Waals surface area contributed by atoms with Crippen molar-refractivity contribution in [2.45, 2.75) is 6.42 Å². The Balaban J connectivity index is 0.000000492. The van der Waals surface area contributed by atoms with E-state index in [0.29, 0.717) is 0 Å². The molecule has 0 aliphatic heterocycles. The highest BCUT2D eigenvalue weighted by Crippen LogP contribution is 2.23. The molecule has 2 heteroatoms. The van der Waals surface area contributed by atoms with Crippen molar-refractivity contribution < 1.29 is 9.90 Å². The van der Waals surface area contributed by atoms with Crippen molar-refractivity contribution in [1.29, 1.82) is 0 Å². The molecule has 1 N–H and O–H groups in total. The number of hydrogen-bond donors (Lipinski definition) is 1. The number of benzene rings is 2. The molecule has 0 radical (unpaired) electrons. The van der Waals surface area contributed by atoms with Crippen molar-refractivity contribution >= 4 is 6.47 Å². The maximum atomic E-state index is 8.36. The molecule has 0 fully saturated rings. The van der Waals surface area contributed by atoms with Crippen LogP contribution in [0.2, 0.25) is 0 Å². The van der Waals surface area contributed by atoms with Gasteiger partial charge < -0.3 is 5.11 Å². The lowest BCUT2D eigenvalue weighted by Gasteiger charge is -2.07. The maximum Gasteiger partial charge on any atom is 0.290 e. The molecular formula is C16H16O2. The fourth-order valence-corrected chi connectivity index (χ4v) is 1.75. The summed E-state index contributed by atoms with van der Waals surface area (Å²) in [6, 6.07) is 18.9. The van der Waals surface area contributed by atoms with Gasteiger partial charge in [-0.15, -0.1) is 6.58 Å². The van der Waals surface area contributed by atoms with Crippen molar-refractivity contribution in [2.24, 2.45) is 0 Å². The second-order valence-corrected chi connectivity index (χ2v) is 3.62. The molecule has 0 spiro atoms. The Bertz CT molecular complexity index is 489. The van der Waals surface area contributed by atoms with Gasteiger partial charge >= 0.3 is 0 Å². The maximum absolute atomic E-state index is 8.36. The van der Waals surface area contributed by atoms with Crippen LogP contribution in [0.25, 0.3) is 11.1 Å². The SMILES string of the molecule is C=CCc1ccccc1-c1ccccc1.O=CO. The summed E-state index contributed by atoms with van der Waals surface area (Å²) in [6.45, 7) is 3.54. The van der Waals surface area contributed by atoms with Crippen molar-refractivity contribution in [3.63, 3.8) is 0 Å². The van der Waals surface area contributed by atoms with Gasteiger partial charge in [-0.05, 0) is 23.1 Å². The second-order valence-electron chi connectivity index (χ2n) is 3.62. The molecule has 0 heterocycles. The summed E-state index contributed by atoms with van der Waals surface area (Å²) in [4.78, 5) is 8.36. The summed E-state index contributed by atoms with van der Waals surface area (Å²) >= 11 is 0. The van der Waals surface area contributed by atoms with Gasteiger partial charge in [0.25, 0.3) is 6.47 Å². The molecule has 0 amide bonds. The van der Waals surface area contributed by atoms with Crippen LogP contribution in [0.15, 0.2) is 67.3 Å². The average molecular weight is 240 g/mol. The van der Waals surface area contributed by atoms with Gasteiger partial charge in [0.05, 0.1) is 0 Å². The van der Waals surface area contributed by atoms with E-state index in [1.807, 2.05) is 12.1 Å². The minimum Gasteiger partial charge on any atom is -0.483 e. The fraction of sp³-hybridized carbons (Fsp3) is 0.0625. The predicted octanol–water partition coefficient (Wildman–Crippen LogP) is 3.78. The van der Waals surface area contributed by atoms with Crippen LogP contribution in [0.3, 0.4) is 0 Å². The number of hydrogen-bond acceptors (Lipinski definition) is 1. The molecule has 0 atom stereocenters. The van der Waals surface area contributed by atoms with Crippen molar-refractivity contribution in [3.05, 3.63) is 72.8 Å². The highest BCUT2D eigenvalue weighted by atomic mass is 16.3. The normalized spacial score (nSPS) is 8.89. The van der Waals surface area contributed by atoms with Gasteiger partial charge in [-0.25, -0.2) is 0 Å². The summed E-state index contributed by atoms with van der Waals surface area (Å²) in [5.41, 5.74) is 3.91. The molecule has 92 valence electrons. The Morgan fingerprint density at radius 3 is 2.17 bits per heavy atom. The van der Waals surface area contributed by atoms with Gasteiger partial charge in [0.2, 0.25) is 0 Å². The second kappa shape index (κ2) is 7.85. The van der Waals surface area contributed by atoms with E-state index in [2.05, 4.69) is 55.1 Å². The van der Waals surface area contributed by atoms with Crippen molar-refractivity contribution in [3.8, 4) is 11.1 Å². The predicted molar refractivity (Wildman–Crippen MR) is 74.5 cm³/mol. The Kier molecular flexibility index (Phi) is 5.98. The third-order valence-corrected chi connectivity index (χ3v) is 2.47. The number of rotatable bonds is 3. The molecule has 0 saturated carbocycles. The zero-order chi connectivity index (χ0) is 13.2. The van der Waals surface area contributed by atoms with Gasteiger partial charge in [0.15, 0.2) is 0 Å². The van der Waals surface area contributed by atoms with Gasteiger partial charge in [0.1, 0.15) is 0 Å². The highest BCUT2D eigenvalue weighted by molar-refractivity contribution is 5.67. The molecule has 0 bridgehead atoms. The zero-order valence-electron chi connectivity index (χ0n) is 10.1. The molecule has 0 aliphatic rings. The van der Waals surface area contributed by atoms with Crippen LogP contribution in [0.4, 0.5) is 0 Å². The lowest BCUT2D eigenvalue weighted by Crippen LogP contribution is -1.86. The molecule has 0 aromatic heterocycles. The Hall–Kier alpha value is -2.35. The van der Waals surface area contributed by atoms with E-state index in [-0.39, 0.29) is 6.47 Å². The number of carboxylic acid groups (broad SMARTS) is 1. The quantitative estimate of drug-likeness (QED) is 0.654. The molecule has 2 aromatic rings. The third-order valence-electron chi connectivity index (χ3n) is 2.47. The Morgan fingerprint density at radius 2 is 1.56 bits per heavy atom. The third kappa shape index (κ3) is 3.91. The van der Waals surface area contributed by atoms with Crippen LogP contribution >= 0.6 is 0 Å². The van der Waals surface area contributed by atoms with E-state index < -0.39 is 0 Å². The summed E-state index contributed by atoms with van der Waals surface area (Å²) in [5, 5.41) is 6.89. The van der Waals surface area contributed by atoms with Crippen LogP contribution < -0.4 is 0 Å². The van der Waals surface area contributed by atoms with Crippen LogP contribution in [-0.4, -0.2) is 11.6 Å². The Labute approximate surface area is 107 Å². The lowest BCUT2D eigenvalue weighted by atomic mass is 9.98. The monoisotopic (exact) mass is 240 g/mol. The molecular weight excluding hydrogens is 224 g/mol. The van der Waals surface area contributed by atoms with Crippen LogP contribution in [-0.2, 0) is 11.2 Å². The minimum atomic E-state index is -0.250. The standard InChI is InChI=1S/C15H14.CH2O2/c1-2-8-13-11-6-7-12-15(13)14-9-4-3-5-10-14;2-1-3/h2-7,9-12H,1,8H2;1H,(H,2,3). The molecule has 2 aromatic carbocycles. The topological polar surface area (TPSA) is 37.3 Å². The fourth-order valence-electron chi connectivity index (χ4n) is 1.75. The largest absolute Gasteiger partial charge is 0.483 e. The number of carbonyl (C=O) groups is 1. The molecule has 0 saturated heterocycles. The summed E-state index contributed by atoms with van der Waals surface area (Å²) < 4.78 is 0. The van der Waals surface area contributed by atoms with Crippen LogP contribution in [0.5, 0.6) is 0 Å². The summed E-state index contributed by atoms with van der Waals surface area (Å²) in [5.74, 6) is 0. The van der Waals surface area contributed by atoms with Gasteiger partial charge in [0, 0.05) is 0 Å². The van der Waals surface area contributed by atoms with E-state index in [0.717, 1.165) is 6.42 Å². The van der Waals surface area contributed by atoms with Crippen LogP contribution in [0, 0.1) is 0 Å². The van der Waals surface area contributed by atoms with Crippen molar-refractivity contribution in [2.75, 3.05) is 0 Å². The van der Waals surface area contributed by atoms with E-state index in [1.165, 1.54) is 16.7 Å². The lowest BCUT2D eigenvalue weighted by molar-refractivity contribution is -0.122. The smallest absolute Gasteiger partial charge is 0.290 e. The number of allylic oxidation sites excluding steroid dienone is 1. The zero-order valence-corrected chi connectivity index (χ0v) is 10.1. The van der Waals surface area contributed by atoms with Gasteiger partial charge in [-0.1, -0.05) is 60.7 Å². The van der Waals surface area contributed by atoms with Crippen molar-refractivity contribution in [1.82, 2.24) is 0 Å². The molecule has 0 unspecified atom stereocenters. The van der Waals surface area contributed by atoms with Gasteiger partial charge in [-0.2, -0.15) is 0 Å². The first kappa shape index (κ1) is 13.7. The van der Waals surface area contributed by atoms with E-state index in [9.17, 15) is 0 Å². The molecule has 0 aliphatic carbocycles. The molecule has 2 rings (SSSR count). The highest BCUT2D eigenvalue weighted by Gasteiger charge is 2.01. The first-order valence-electron chi connectivity index (χ1n) is 5.65. The minimum absolute atomic E-state index is 0.250. The molecule has 2 nitrogen and oxygen atoms in total. The van der Waals surface area contributed by atoms with E-state index >= 15 is 0 Å². The summed E-state index contributed by atoms with van der Waals surface area (Å²) in [7, 11) is 0. The Morgan fingerprint density at radius 1 is 1.00 bits per heavy atom. The first-order chi connectivity index (χ1) is 8.83. The van der Waals surface area contributed by atoms with Gasteiger partial charge in [-0.3, -0.25) is 4.79 Å². The first-order valence-corrected chi connectivity index (χ1v) is 5.65. The molecule has 18 heavy (non-hydrogen) atoms. The average Bonchev–Trinajstić information content (AvgIpc) is 2.42. The van der Waals surface area contributed by atoms with E-state index in [4.69, 9.17) is 9.90 Å². The summed E-state index contributed by atoms with van der Waals surface area (Å²) in [6.07, 6.45) is 2.87.